The van der Waals surface area contributed by atoms with Crippen molar-refractivity contribution >= 4 is 23.2 Å². The molecular weight excluding hydrogens is 533 g/mol. The summed E-state index contributed by atoms with van der Waals surface area (Å²) in [6.45, 7) is 2.28. The van der Waals surface area contributed by atoms with Gasteiger partial charge in [0, 0.05) is 43.1 Å². The van der Waals surface area contributed by atoms with Crippen LogP contribution in [0.5, 0.6) is 11.5 Å². The highest BCUT2D eigenvalue weighted by molar-refractivity contribution is 6.11. The van der Waals surface area contributed by atoms with Crippen LogP contribution >= 0.6 is 0 Å². The van der Waals surface area contributed by atoms with Gasteiger partial charge in [0.25, 0.3) is 5.91 Å². The van der Waals surface area contributed by atoms with Gasteiger partial charge >= 0.3 is 0 Å². The van der Waals surface area contributed by atoms with Crippen LogP contribution in [-0.4, -0.2) is 57.1 Å². The van der Waals surface area contributed by atoms with E-state index in [2.05, 4.69) is 4.90 Å². The number of fused-ring (bicyclic) bond motifs is 1. The Morgan fingerprint density at radius 2 is 1.31 bits per heavy atom. The van der Waals surface area contributed by atoms with Crippen molar-refractivity contribution in [2.75, 3.05) is 50.2 Å². The summed E-state index contributed by atoms with van der Waals surface area (Å²) in [7, 11) is 3.21. The maximum atomic E-state index is 14.6. The lowest BCUT2D eigenvalue weighted by Gasteiger charge is -2.44. The number of amides is 2. The predicted molar refractivity (Wildman–Crippen MR) is 160 cm³/mol. The number of piperazine rings is 1. The second-order valence-electron chi connectivity index (χ2n) is 10.4. The molecule has 7 nitrogen and oxygen atoms in total. The monoisotopic (exact) mass is 565 g/mol. The average Bonchev–Trinajstić information content (AvgIpc) is 3.05. The van der Waals surface area contributed by atoms with Gasteiger partial charge in [0.05, 0.1) is 26.2 Å². The van der Waals surface area contributed by atoms with Gasteiger partial charge in [-0.25, -0.2) is 4.39 Å². The van der Waals surface area contributed by atoms with Gasteiger partial charge in [-0.3, -0.25) is 14.5 Å². The number of benzene rings is 4. The van der Waals surface area contributed by atoms with Crippen LogP contribution in [-0.2, 0) is 4.79 Å². The fourth-order valence-electron chi connectivity index (χ4n) is 6.00. The van der Waals surface area contributed by atoms with Gasteiger partial charge in [0.15, 0.2) is 0 Å². The van der Waals surface area contributed by atoms with Gasteiger partial charge in [-0.05, 0) is 77.9 Å². The smallest absolute Gasteiger partial charge is 0.259 e. The van der Waals surface area contributed by atoms with E-state index in [9.17, 15) is 14.0 Å². The second kappa shape index (κ2) is 11.6. The maximum Gasteiger partial charge on any atom is 0.259 e. The number of rotatable bonds is 6. The second-order valence-corrected chi connectivity index (χ2v) is 10.4. The zero-order valence-electron chi connectivity index (χ0n) is 23.6. The zero-order chi connectivity index (χ0) is 29.2. The number of carbonyl (C=O) groups excluding carboxylic acids is 2. The SMILES string of the molecule is COc1ccc(C2C(C(=O)N3CCN(c4ccc(F)cc4)CC3)c3ccccc3C(=O)N2c2ccc(OC)cc2)cc1. The van der Waals surface area contributed by atoms with E-state index in [-0.39, 0.29) is 17.6 Å². The lowest BCUT2D eigenvalue weighted by Crippen LogP contribution is -2.53. The van der Waals surface area contributed by atoms with Crippen LogP contribution in [0.4, 0.5) is 15.8 Å². The molecule has 0 saturated carbocycles. The molecule has 4 aromatic rings. The number of ether oxygens (including phenoxy) is 2. The topological polar surface area (TPSA) is 62.3 Å². The van der Waals surface area contributed by atoms with Gasteiger partial charge in [-0.15, -0.1) is 0 Å². The highest BCUT2D eigenvalue weighted by Gasteiger charge is 2.46. The third kappa shape index (κ3) is 5.04. The molecule has 1 saturated heterocycles. The normalized spacial score (nSPS) is 18.5. The molecular formula is C34H32FN3O4. The highest BCUT2D eigenvalue weighted by atomic mass is 19.1. The van der Waals surface area contributed by atoms with Crippen molar-refractivity contribution in [2.24, 2.45) is 0 Å². The Morgan fingerprint density at radius 3 is 1.93 bits per heavy atom. The standard InChI is InChI=1S/C34H32FN3O4/c1-41-27-15-7-23(8-16-27)32-31(34(40)37-21-19-36(20-22-37)25-11-9-24(35)10-12-25)29-5-3-4-6-30(29)33(39)38(32)26-13-17-28(42-2)18-14-26/h3-18,31-32H,19-22H2,1-2H3. The Kier molecular flexibility index (Phi) is 7.52. The van der Waals surface area contributed by atoms with Crippen LogP contribution in [0, 0.1) is 5.82 Å². The molecule has 0 aromatic heterocycles. The Morgan fingerprint density at radius 1 is 0.738 bits per heavy atom. The van der Waals surface area contributed by atoms with Crippen molar-refractivity contribution in [3.8, 4) is 11.5 Å². The molecule has 2 aliphatic rings. The first-order valence-electron chi connectivity index (χ1n) is 14.0. The Balaban J connectivity index is 1.40. The molecule has 42 heavy (non-hydrogen) atoms. The number of carbonyl (C=O) groups is 2. The van der Waals surface area contributed by atoms with E-state index in [1.54, 1.807) is 37.3 Å². The summed E-state index contributed by atoms with van der Waals surface area (Å²) in [5.41, 5.74) is 3.67. The van der Waals surface area contributed by atoms with E-state index in [4.69, 9.17) is 9.47 Å². The molecule has 214 valence electrons. The molecule has 2 heterocycles. The quantitative estimate of drug-likeness (QED) is 0.301. The molecule has 0 bridgehead atoms. The van der Waals surface area contributed by atoms with E-state index < -0.39 is 12.0 Å². The van der Waals surface area contributed by atoms with Crippen molar-refractivity contribution in [3.63, 3.8) is 0 Å². The van der Waals surface area contributed by atoms with Gasteiger partial charge in [-0.2, -0.15) is 0 Å². The molecule has 1 fully saturated rings. The molecule has 6 rings (SSSR count). The molecule has 2 atom stereocenters. The van der Waals surface area contributed by atoms with Crippen LogP contribution in [0.2, 0.25) is 0 Å². The van der Waals surface area contributed by atoms with Crippen molar-refractivity contribution in [1.82, 2.24) is 4.90 Å². The van der Waals surface area contributed by atoms with E-state index in [0.717, 1.165) is 16.8 Å². The lowest BCUT2D eigenvalue weighted by molar-refractivity contribution is -0.133. The van der Waals surface area contributed by atoms with Crippen molar-refractivity contribution < 1.29 is 23.5 Å². The van der Waals surface area contributed by atoms with Crippen molar-refractivity contribution in [3.05, 3.63) is 120 Å². The Bertz CT molecular complexity index is 1570. The number of hydrogen-bond donors (Lipinski definition) is 0. The van der Waals surface area contributed by atoms with E-state index in [0.29, 0.717) is 48.9 Å². The van der Waals surface area contributed by atoms with Crippen LogP contribution in [0.25, 0.3) is 0 Å². The van der Waals surface area contributed by atoms with Gasteiger partial charge < -0.3 is 19.3 Å². The minimum Gasteiger partial charge on any atom is -0.497 e. The number of anilines is 2. The zero-order valence-corrected chi connectivity index (χ0v) is 23.6. The molecule has 0 aliphatic carbocycles. The minimum atomic E-state index is -0.633. The van der Waals surface area contributed by atoms with Crippen molar-refractivity contribution in [1.29, 1.82) is 0 Å². The minimum absolute atomic E-state index is 0.0342. The van der Waals surface area contributed by atoms with Crippen LogP contribution < -0.4 is 19.3 Å². The molecule has 2 unspecified atom stereocenters. The molecule has 0 spiro atoms. The highest BCUT2D eigenvalue weighted by Crippen LogP contribution is 2.46. The Labute approximate surface area is 244 Å². The molecule has 2 aliphatic heterocycles. The third-order valence-electron chi connectivity index (χ3n) is 8.20. The van der Waals surface area contributed by atoms with Gasteiger partial charge in [-0.1, -0.05) is 30.3 Å². The first-order valence-corrected chi connectivity index (χ1v) is 14.0. The van der Waals surface area contributed by atoms with Gasteiger partial charge in [0.1, 0.15) is 17.3 Å². The first kappa shape index (κ1) is 27.3. The number of hydrogen-bond acceptors (Lipinski definition) is 5. The molecule has 8 heteroatoms. The average molecular weight is 566 g/mol. The van der Waals surface area contributed by atoms with E-state index >= 15 is 0 Å². The van der Waals surface area contributed by atoms with Crippen LogP contribution in [0.15, 0.2) is 97.1 Å². The van der Waals surface area contributed by atoms with E-state index in [1.165, 1.54) is 12.1 Å². The number of methoxy groups -OCH3 is 2. The molecule has 2 amide bonds. The third-order valence-corrected chi connectivity index (χ3v) is 8.20. The maximum absolute atomic E-state index is 14.6. The number of halogens is 1. The summed E-state index contributed by atoms with van der Waals surface area (Å²) in [5, 5.41) is 0. The summed E-state index contributed by atoms with van der Waals surface area (Å²) in [5.74, 6) is 0.263. The largest absolute Gasteiger partial charge is 0.497 e. The molecule has 4 aromatic carbocycles. The summed E-state index contributed by atoms with van der Waals surface area (Å²) < 4.78 is 24.2. The van der Waals surface area contributed by atoms with Crippen LogP contribution in [0.3, 0.4) is 0 Å². The summed E-state index contributed by atoms with van der Waals surface area (Å²) >= 11 is 0. The number of nitrogens with zero attached hydrogens (tertiary/aromatic N) is 3. The first-order chi connectivity index (χ1) is 20.5. The summed E-state index contributed by atoms with van der Waals surface area (Å²) in [6.07, 6.45) is 0. The predicted octanol–water partition coefficient (Wildman–Crippen LogP) is 5.68. The van der Waals surface area contributed by atoms with Crippen molar-refractivity contribution in [2.45, 2.75) is 12.0 Å². The molecule has 0 N–H and O–H groups in total. The lowest BCUT2D eigenvalue weighted by atomic mass is 9.78. The fourth-order valence-corrected chi connectivity index (χ4v) is 6.00. The summed E-state index contributed by atoms with van der Waals surface area (Å²) in [6, 6.07) is 28.2. The van der Waals surface area contributed by atoms with Gasteiger partial charge in [0.2, 0.25) is 5.91 Å². The summed E-state index contributed by atoms with van der Waals surface area (Å²) in [4.78, 5) is 34.5. The Hall–Kier alpha value is -4.85. The molecule has 0 radical (unpaired) electrons. The van der Waals surface area contributed by atoms with Crippen LogP contribution in [0.1, 0.15) is 33.4 Å². The fraction of sp³-hybridized carbons (Fsp3) is 0.235. The van der Waals surface area contributed by atoms with E-state index in [1.807, 2.05) is 71.6 Å².